The summed E-state index contributed by atoms with van der Waals surface area (Å²) < 4.78 is 40.5. The molecule has 0 aliphatic carbocycles. The van der Waals surface area contributed by atoms with Gasteiger partial charge in [-0.25, -0.2) is 0 Å². The van der Waals surface area contributed by atoms with Crippen molar-refractivity contribution in [2.24, 2.45) is 5.10 Å². The van der Waals surface area contributed by atoms with Crippen LogP contribution >= 0.6 is 12.2 Å². The molecule has 0 amide bonds. The van der Waals surface area contributed by atoms with E-state index in [1.54, 1.807) is 0 Å². The Morgan fingerprint density at radius 2 is 1.92 bits per heavy atom. The van der Waals surface area contributed by atoms with Crippen LogP contribution in [0, 0.1) is 11.7 Å². The molecule has 134 valence electrons. The van der Waals surface area contributed by atoms with E-state index in [0.29, 0.717) is 5.56 Å². The van der Waals surface area contributed by atoms with Crippen molar-refractivity contribution >= 4 is 18.4 Å². The molecule has 0 fully saturated rings. The van der Waals surface area contributed by atoms with Crippen molar-refractivity contribution in [3.63, 3.8) is 0 Å². The van der Waals surface area contributed by atoms with Crippen LogP contribution in [0.25, 0.3) is 0 Å². The molecule has 8 nitrogen and oxygen atoms in total. The number of nitrogens with zero attached hydrogens (tertiary/aromatic N) is 3. The van der Waals surface area contributed by atoms with Crippen LogP contribution < -0.4 is 19.8 Å². The van der Waals surface area contributed by atoms with Gasteiger partial charge >= 0.3 is 6.61 Å². The van der Waals surface area contributed by atoms with Gasteiger partial charge in [-0.1, -0.05) is 0 Å². The van der Waals surface area contributed by atoms with Crippen LogP contribution in [0.2, 0.25) is 0 Å². The summed E-state index contributed by atoms with van der Waals surface area (Å²) in [6, 6.07) is 2.80. The number of hydrogen-bond acceptors (Lipinski definition) is 7. The van der Waals surface area contributed by atoms with Gasteiger partial charge in [-0.15, -0.1) is 0 Å². The zero-order valence-corrected chi connectivity index (χ0v) is 14.3. The fourth-order valence-corrected chi connectivity index (χ4v) is 2.06. The Morgan fingerprint density at radius 3 is 2.44 bits per heavy atom. The summed E-state index contributed by atoms with van der Waals surface area (Å²) in [7, 11) is 2.59. The Labute approximate surface area is 145 Å². The molecule has 0 aliphatic rings. The topological polar surface area (TPSA) is 90.7 Å². The van der Waals surface area contributed by atoms with E-state index in [0.717, 1.165) is 4.68 Å². The van der Waals surface area contributed by atoms with E-state index in [1.165, 1.54) is 39.5 Å². The largest absolute Gasteiger partial charge is 0.493 e. The Balaban J connectivity index is 2.49. The number of ether oxygens (including phenoxy) is 3. The van der Waals surface area contributed by atoms with Crippen LogP contribution in [0.1, 0.15) is 11.3 Å². The van der Waals surface area contributed by atoms with Crippen molar-refractivity contribution < 1.29 is 23.0 Å². The average Bonchev–Trinajstić information content (AvgIpc) is 2.58. The lowest BCUT2D eigenvalue weighted by molar-refractivity contribution is -0.0526. The smallest absolute Gasteiger partial charge is 0.387 e. The van der Waals surface area contributed by atoms with Crippen molar-refractivity contribution in [2.75, 3.05) is 14.2 Å². The van der Waals surface area contributed by atoms with Gasteiger partial charge in [0.1, 0.15) is 5.69 Å². The number of alkyl halides is 2. The zero-order valence-electron chi connectivity index (χ0n) is 13.4. The third-order valence-corrected chi connectivity index (χ3v) is 3.29. The lowest BCUT2D eigenvalue weighted by Crippen LogP contribution is -2.22. The molecule has 0 saturated carbocycles. The molecule has 0 spiro atoms. The molecule has 1 aromatic carbocycles. The fraction of sp³-hybridized carbons (Fsp3) is 0.286. The number of halogens is 2. The number of aryl methyl sites for hydroxylation is 1. The van der Waals surface area contributed by atoms with Gasteiger partial charge < -0.3 is 14.2 Å². The van der Waals surface area contributed by atoms with Crippen molar-refractivity contribution in [1.29, 1.82) is 0 Å². The summed E-state index contributed by atoms with van der Waals surface area (Å²) in [5, 5.41) is 10.2. The fourth-order valence-electron chi connectivity index (χ4n) is 1.88. The lowest BCUT2D eigenvalue weighted by atomic mass is 10.2. The zero-order chi connectivity index (χ0) is 18.6. The average molecular weight is 372 g/mol. The molecule has 2 aromatic rings. The van der Waals surface area contributed by atoms with Crippen LogP contribution in [0.3, 0.4) is 0 Å². The SMILES string of the molecule is COc1cc(/C=N\n2c(=S)[nH]nc(C)c2=O)cc(OC)c1OC(F)F. The monoisotopic (exact) mass is 372 g/mol. The van der Waals surface area contributed by atoms with Gasteiger partial charge in [0.05, 0.1) is 20.4 Å². The van der Waals surface area contributed by atoms with Crippen molar-refractivity contribution in [3.8, 4) is 17.2 Å². The van der Waals surface area contributed by atoms with E-state index in [1.807, 2.05) is 0 Å². The normalized spacial score (nSPS) is 11.1. The van der Waals surface area contributed by atoms with Gasteiger partial charge in [-0.3, -0.25) is 9.89 Å². The lowest BCUT2D eigenvalue weighted by Gasteiger charge is -2.14. The van der Waals surface area contributed by atoms with Crippen molar-refractivity contribution in [3.05, 3.63) is 38.5 Å². The first-order valence-electron chi connectivity index (χ1n) is 6.81. The number of nitrogens with one attached hydrogen (secondary N) is 1. The van der Waals surface area contributed by atoms with Crippen LogP contribution in [0.15, 0.2) is 22.0 Å². The van der Waals surface area contributed by atoms with Gasteiger partial charge in [0.2, 0.25) is 10.5 Å². The van der Waals surface area contributed by atoms with E-state index in [2.05, 4.69) is 20.0 Å². The van der Waals surface area contributed by atoms with Crippen LogP contribution in [-0.4, -0.2) is 41.9 Å². The predicted molar refractivity (Wildman–Crippen MR) is 87.6 cm³/mol. The number of hydrogen-bond donors (Lipinski definition) is 1. The summed E-state index contributed by atoms with van der Waals surface area (Å²) in [6.45, 7) is -1.54. The van der Waals surface area contributed by atoms with E-state index < -0.39 is 12.2 Å². The van der Waals surface area contributed by atoms with Crippen molar-refractivity contribution in [2.45, 2.75) is 13.5 Å². The van der Waals surface area contributed by atoms with Gasteiger partial charge in [0.25, 0.3) is 5.56 Å². The number of aromatic amines is 1. The van der Waals surface area contributed by atoms with Crippen LogP contribution in [0.4, 0.5) is 8.78 Å². The molecule has 2 rings (SSSR count). The quantitative estimate of drug-likeness (QED) is 0.617. The van der Waals surface area contributed by atoms with E-state index in [-0.39, 0.29) is 27.7 Å². The number of aromatic nitrogens is 3. The highest BCUT2D eigenvalue weighted by Gasteiger charge is 2.17. The minimum atomic E-state index is -3.04. The predicted octanol–water partition coefficient (Wildman–Crippen LogP) is 2.11. The summed E-state index contributed by atoms with van der Waals surface area (Å²) in [5.74, 6) is -0.208. The first-order chi connectivity index (χ1) is 11.9. The second-order valence-corrected chi connectivity index (χ2v) is 5.00. The van der Waals surface area contributed by atoms with Gasteiger partial charge in [0, 0.05) is 5.56 Å². The third kappa shape index (κ3) is 4.18. The minimum Gasteiger partial charge on any atom is -0.493 e. The van der Waals surface area contributed by atoms with Gasteiger partial charge in [-0.05, 0) is 31.3 Å². The van der Waals surface area contributed by atoms with E-state index >= 15 is 0 Å². The summed E-state index contributed by atoms with van der Waals surface area (Å²) in [4.78, 5) is 12.0. The van der Waals surface area contributed by atoms with Crippen molar-refractivity contribution in [1.82, 2.24) is 14.9 Å². The number of rotatable bonds is 6. The Kier molecular flexibility index (Phi) is 5.80. The number of methoxy groups -OCH3 is 2. The highest BCUT2D eigenvalue weighted by atomic mass is 32.1. The van der Waals surface area contributed by atoms with E-state index in [9.17, 15) is 13.6 Å². The number of benzene rings is 1. The molecule has 1 N–H and O–H groups in total. The van der Waals surface area contributed by atoms with Crippen LogP contribution in [0.5, 0.6) is 17.2 Å². The first kappa shape index (κ1) is 18.5. The standard InChI is InChI=1S/C14H14F2N4O4S/c1-7-12(21)20(14(25)19-18-7)17-6-8-4-9(22-2)11(24-13(15)16)10(5-8)23-3/h4-6,13H,1-3H3,(H,19,25)/b17-6-. The highest BCUT2D eigenvalue weighted by Crippen LogP contribution is 2.39. The third-order valence-electron chi connectivity index (χ3n) is 3.03. The maximum atomic E-state index is 12.5. The summed E-state index contributed by atoms with van der Waals surface area (Å²) in [6.07, 6.45) is 1.29. The molecule has 25 heavy (non-hydrogen) atoms. The highest BCUT2D eigenvalue weighted by molar-refractivity contribution is 7.71. The molecular weight excluding hydrogens is 358 g/mol. The second kappa shape index (κ2) is 7.83. The number of H-pyrrole nitrogens is 1. The van der Waals surface area contributed by atoms with Crippen LogP contribution in [-0.2, 0) is 0 Å². The molecule has 0 bridgehead atoms. The molecule has 1 aromatic heterocycles. The molecule has 0 atom stereocenters. The molecule has 0 saturated heterocycles. The maximum Gasteiger partial charge on any atom is 0.387 e. The maximum absolute atomic E-state index is 12.5. The summed E-state index contributed by atoms with van der Waals surface area (Å²) >= 11 is 4.96. The molecule has 1 heterocycles. The van der Waals surface area contributed by atoms with Gasteiger partial charge in [0.15, 0.2) is 11.5 Å². The molecular formula is C14H14F2N4O4S. The summed E-state index contributed by atoms with van der Waals surface area (Å²) in [5.41, 5.74) is 0.101. The van der Waals surface area contributed by atoms with Gasteiger partial charge in [-0.2, -0.15) is 23.7 Å². The van der Waals surface area contributed by atoms with E-state index in [4.69, 9.17) is 21.7 Å². The molecule has 0 unspecified atom stereocenters. The first-order valence-corrected chi connectivity index (χ1v) is 7.21. The Morgan fingerprint density at radius 1 is 1.32 bits per heavy atom. The Bertz CT molecular complexity index is 885. The minimum absolute atomic E-state index is 0.00318. The molecule has 11 heteroatoms. The molecule has 0 radical (unpaired) electrons. The Hall–Kier alpha value is -2.82. The second-order valence-electron chi connectivity index (χ2n) is 4.61. The molecule has 0 aliphatic heterocycles.